The molecule has 1 aliphatic rings. The zero-order valence-electron chi connectivity index (χ0n) is 12.0. The quantitative estimate of drug-likeness (QED) is 0.713. The summed E-state index contributed by atoms with van der Waals surface area (Å²) in [5.74, 6) is 0.0410. The third-order valence-corrected chi connectivity index (χ3v) is 4.33. The van der Waals surface area contributed by atoms with Crippen molar-refractivity contribution in [3.8, 4) is 0 Å². The largest absolute Gasteiger partial charge is 0.397 e. The minimum absolute atomic E-state index is 0.0410. The maximum Gasteiger partial charge on any atom is 0.228 e. The summed E-state index contributed by atoms with van der Waals surface area (Å²) in [7, 11) is 0. The van der Waals surface area contributed by atoms with E-state index in [0.29, 0.717) is 6.42 Å². The smallest absolute Gasteiger partial charge is 0.228 e. The number of amides is 1. The number of hydrogen-bond donors (Lipinski definition) is 3. The highest BCUT2D eigenvalue weighted by atomic mass is 16.1. The number of rotatable bonds is 5. The third kappa shape index (κ3) is 2.53. The lowest BCUT2D eigenvalue weighted by atomic mass is 9.89. The average molecular weight is 261 g/mol. The van der Waals surface area contributed by atoms with E-state index >= 15 is 0 Å². The number of carbonyl (C=O) groups excluding carboxylic acids is 1. The second-order valence-electron chi connectivity index (χ2n) is 5.29. The Balaban J connectivity index is 2.31. The molecule has 4 heteroatoms. The molecule has 0 saturated carbocycles. The molecule has 0 aromatic heterocycles. The van der Waals surface area contributed by atoms with E-state index in [1.54, 1.807) is 0 Å². The van der Waals surface area contributed by atoms with Crippen molar-refractivity contribution in [2.45, 2.75) is 52.0 Å². The summed E-state index contributed by atoms with van der Waals surface area (Å²) >= 11 is 0. The van der Waals surface area contributed by atoms with Gasteiger partial charge in [-0.15, -0.1) is 0 Å². The van der Waals surface area contributed by atoms with Crippen molar-refractivity contribution in [3.05, 3.63) is 17.7 Å². The van der Waals surface area contributed by atoms with Gasteiger partial charge in [0.2, 0.25) is 5.91 Å². The Kier molecular flexibility index (Phi) is 3.69. The van der Waals surface area contributed by atoms with E-state index in [1.165, 1.54) is 0 Å². The molecule has 1 aliphatic heterocycles. The van der Waals surface area contributed by atoms with E-state index in [4.69, 9.17) is 5.73 Å². The molecule has 4 N–H and O–H groups in total. The highest BCUT2D eigenvalue weighted by Gasteiger charge is 2.26. The molecular weight excluding hydrogens is 238 g/mol. The Morgan fingerprint density at radius 2 is 1.89 bits per heavy atom. The van der Waals surface area contributed by atoms with Crippen molar-refractivity contribution in [3.63, 3.8) is 0 Å². The van der Waals surface area contributed by atoms with Crippen LogP contribution in [0.2, 0.25) is 0 Å². The SMILES string of the molecule is CCC(CC)(CC)Nc1cc2c(cc1N)CC(=O)N2. The van der Waals surface area contributed by atoms with Crippen LogP contribution >= 0.6 is 0 Å². The summed E-state index contributed by atoms with van der Waals surface area (Å²) in [4.78, 5) is 11.4. The average Bonchev–Trinajstić information content (AvgIpc) is 2.75. The van der Waals surface area contributed by atoms with E-state index in [2.05, 4.69) is 31.4 Å². The zero-order valence-corrected chi connectivity index (χ0v) is 12.0. The highest BCUT2D eigenvalue weighted by Crippen LogP contribution is 2.35. The van der Waals surface area contributed by atoms with Crippen LogP contribution in [0.15, 0.2) is 12.1 Å². The number of carbonyl (C=O) groups is 1. The van der Waals surface area contributed by atoms with Gasteiger partial charge in [0.1, 0.15) is 0 Å². The number of anilines is 3. The maximum atomic E-state index is 11.4. The lowest BCUT2D eigenvalue weighted by Gasteiger charge is -2.33. The van der Waals surface area contributed by atoms with Crippen molar-refractivity contribution >= 4 is 23.0 Å². The summed E-state index contributed by atoms with van der Waals surface area (Å²) in [5, 5.41) is 6.45. The molecular formula is C15H23N3O. The van der Waals surface area contributed by atoms with Gasteiger partial charge in [-0.25, -0.2) is 0 Å². The van der Waals surface area contributed by atoms with Gasteiger partial charge in [-0.3, -0.25) is 4.79 Å². The predicted octanol–water partition coefficient (Wildman–Crippen LogP) is 3.14. The molecule has 104 valence electrons. The molecule has 0 fully saturated rings. The first-order valence-corrected chi connectivity index (χ1v) is 7.04. The van der Waals surface area contributed by atoms with E-state index in [-0.39, 0.29) is 11.4 Å². The summed E-state index contributed by atoms with van der Waals surface area (Å²) < 4.78 is 0. The van der Waals surface area contributed by atoms with Gasteiger partial charge in [0.15, 0.2) is 0 Å². The molecule has 4 nitrogen and oxygen atoms in total. The van der Waals surface area contributed by atoms with Crippen LogP contribution in [0.4, 0.5) is 17.1 Å². The van der Waals surface area contributed by atoms with Crippen LogP contribution in [0.1, 0.15) is 45.6 Å². The molecule has 0 radical (unpaired) electrons. The van der Waals surface area contributed by atoms with E-state index in [9.17, 15) is 4.79 Å². The third-order valence-electron chi connectivity index (χ3n) is 4.33. The van der Waals surface area contributed by atoms with Gasteiger partial charge in [-0.05, 0) is 37.0 Å². The van der Waals surface area contributed by atoms with Crippen LogP contribution in [0.3, 0.4) is 0 Å². The Labute approximate surface area is 114 Å². The molecule has 0 bridgehead atoms. The molecule has 0 atom stereocenters. The van der Waals surface area contributed by atoms with Crippen LogP contribution in [0, 0.1) is 0 Å². The lowest BCUT2D eigenvalue weighted by molar-refractivity contribution is -0.115. The van der Waals surface area contributed by atoms with Crippen LogP contribution < -0.4 is 16.4 Å². The molecule has 0 aliphatic carbocycles. The summed E-state index contributed by atoms with van der Waals surface area (Å²) in [6, 6.07) is 3.87. The van der Waals surface area contributed by atoms with Gasteiger partial charge in [0.25, 0.3) is 0 Å². The van der Waals surface area contributed by atoms with Crippen molar-refractivity contribution in [1.29, 1.82) is 0 Å². The van der Waals surface area contributed by atoms with Gasteiger partial charge in [0, 0.05) is 11.2 Å². The van der Waals surface area contributed by atoms with Crippen molar-refractivity contribution in [2.24, 2.45) is 0 Å². The summed E-state index contributed by atoms with van der Waals surface area (Å²) in [6.45, 7) is 6.56. The molecule has 1 amide bonds. The second kappa shape index (κ2) is 5.11. The van der Waals surface area contributed by atoms with Gasteiger partial charge in [-0.1, -0.05) is 20.8 Å². The number of nitrogen functional groups attached to an aromatic ring is 1. The Bertz CT molecular complexity index is 484. The molecule has 0 unspecified atom stereocenters. The van der Waals surface area contributed by atoms with Crippen LogP contribution in [-0.2, 0) is 11.2 Å². The highest BCUT2D eigenvalue weighted by molar-refractivity contribution is 6.00. The van der Waals surface area contributed by atoms with E-state index < -0.39 is 0 Å². The number of benzene rings is 1. The van der Waals surface area contributed by atoms with E-state index in [1.807, 2.05) is 12.1 Å². The first-order valence-electron chi connectivity index (χ1n) is 7.04. The van der Waals surface area contributed by atoms with Gasteiger partial charge in [0.05, 0.1) is 17.8 Å². The monoisotopic (exact) mass is 261 g/mol. The minimum atomic E-state index is 0.0410. The topological polar surface area (TPSA) is 67.1 Å². The number of nitrogens with two attached hydrogens (primary N) is 1. The van der Waals surface area contributed by atoms with Crippen molar-refractivity contribution < 1.29 is 4.79 Å². The minimum Gasteiger partial charge on any atom is -0.397 e. The number of fused-ring (bicyclic) bond motifs is 1. The predicted molar refractivity (Wildman–Crippen MR) is 80.4 cm³/mol. The summed E-state index contributed by atoms with van der Waals surface area (Å²) in [5.41, 5.74) is 9.70. The first-order chi connectivity index (χ1) is 9.03. The maximum absolute atomic E-state index is 11.4. The molecule has 0 saturated heterocycles. The van der Waals surface area contributed by atoms with Crippen LogP contribution in [-0.4, -0.2) is 11.4 Å². The van der Waals surface area contributed by atoms with Crippen molar-refractivity contribution in [1.82, 2.24) is 0 Å². The fourth-order valence-corrected chi connectivity index (χ4v) is 2.70. The van der Waals surface area contributed by atoms with Gasteiger partial charge in [-0.2, -0.15) is 0 Å². The fourth-order valence-electron chi connectivity index (χ4n) is 2.70. The second-order valence-corrected chi connectivity index (χ2v) is 5.29. The number of nitrogens with one attached hydrogen (secondary N) is 2. The Morgan fingerprint density at radius 1 is 1.26 bits per heavy atom. The van der Waals surface area contributed by atoms with Gasteiger partial charge >= 0.3 is 0 Å². The molecule has 0 spiro atoms. The summed E-state index contributed by atoms with van der Waals surface area (Å²) in [6.07, 6.45) is 3.56. The van der Waals surface area contributed by atoms with Crippen LogP contribution in [0.5, 0.6) is 0 Å². The molecule has 1 aromatic carbocycles. The molecule has 1 heterocycles. The normalized spacial score (nSPS) is 14.2. The Hall–Kier alpha value is -1.71. The molecule has 1 aromatic rings. The Morgan fingerprint density at radius 3 is 2.47 bits per heavy atom. The van der Waals surface area contributed by atoms with Crippen molar-refractivity contribution in [2.75, 3.05) is 16.4 Å². The number of hydrogen-bond acceptors (Lipinski definition) is 3. The van der Waals surface area contributed by atoms with Gasteiger partial charge < -0.3 is 16.4 Å². The lowest BCUT2D eigenvalue weighted by Crippen LogP contribution is -2.36. The first kappa shape index (κ1) is 13.7. The zero-order chi connectivity index (χ0) is 14.0. The van der Waals surface area contributed by atoms with E-state index in [0.717, 1.165) is 41.9 Å². The standard InChI is InChI=1S/C15H23N3O/c1-4-15(5-2,6-3)18-13-9-12-10(7-11(13)16)8-14(19)17-12/h7,9,18H,4-6,8,16H2,1-3H3,(H,17,19). The van der Waals surface area contributed by atoms with Crippen LogP contribution in [0.25, 0.3) is 0 Å². The fraction of sp³-hybridized carbons (Fsp3) is 0.533. The molecule has 19 heavy (non-hydrogen) atoms. The molecule has 2 rings (SSSR count).